The third kappa shape index (κ3) is 3.74. The van der Waals surface area contributed by atoms with Gasteiger partial charge in [-0.05, 0) is 24.5 Å². The summed E-state index contributed by atoms with van der Waals surface area (Å²) in [5.41, 5.74) is 1.73. The topological polar surface area (TPSA) is 55.3 Å². The lowest BCUT2D eigenvalue weighted by molar-refractivity contribution is -0.00317. The Morgan fingerprint density at radius 3 is 2.83 bits per heavy atom. The van der Waals surface area contributed by atoms with Crippen molar-refractivity contribution in [2.75, 3.05) is 20.2 Å². The average Bonchev–Trinajstić information content (AvgIpc) is 2.62. The number of amides is 1. The molecule has 120 valence electrons. The van der Waals surface area contributed by atoms with Crippen molar-refractivity contribution in [1.82, 2.24) is 14.9 Å². The molecule has 1 amide bonds. The van der Waals surface area contributed by atoms with E-state index in [1.54, 1.807) is 19.4 Å². The molecule has 1 aliphatic heterocycles. The Labute approximate surface area is 136 Å². The Balaban J connectivity index is 1.72. The molecule has 5 heteroatoms. The van der Waals surface area contributed by atoms with E-state index in [-0.39, 0.29) is 12.0 Å². The number of hydrogen-bond acceptors (Lipinski definition) is 4. The Morgan fingerprint density at radius 1 is 1.30 bits per heavy atom. The lowest BCUT2D eigenvalue weighted by Crippen LogP contribution is -2.47. The predicted octanol–water partition coefficient (Wildman–Crippen LogP) is 2.20. The molecule has 1 aromatic carbocycles. The van der Waals surface area contributed by atoms with Crippen molar-refractivity contribution in [2.24, 2.45) is 5.92 Å². The molecule has 2 heterocycles. The summed E-state index contributed by atoms with van der Waals surface area (Å²) in [7, 11) is 1.75. The van der Waals surface area contributed by atoms with E-state index < -0.39 is 0 Å². The number of benzene rings is 1. The lowest BCUT2D eigenvalue weighted by atomic mass is 9.88. The highest BCUT2D eigenvalue weighted by atomic mass is 16.5. The Kier molecular flexibility index (Phi) is 4.98. The maximum absolute atomic E-state index is 12.6. The molecule has 2 atom stereocenters. The van der Waals surface area contributed by atoms with Crippen LogP contribution in [0.1, 0.15) is 22.5 Å². The molecule has 1 saturated heterocycles. The van der Waals surface area contributed by atoms with Gasteiger partial charge in [0.25, 0.3) is 5.91 Å². The normalized spacial score (nSPS) is 21.2. The van der Waals surface area contributed by atoms with Crippen LogP contribution in [-0.4, -0.2) is 47.1 Å². The van der Waals surface area contributed by atoms with Crippen molar-refractivity contribution in [3.8, 4) is 0 Å². The zero-order valence-electron chi connectivity index (χ0n) is 13.3. The smallest absolute Gasteiger partial charge is 0.272 e. The van der Waals surface area contributed by atoms with Gasteiger partial charge in [0.15, 0.2) is 0 Å². The van der Waals surface area contributed by atoms with Gasteiger partial charge in [-0.3, -0.25) is 4.79 Å². The standard InChI is InChI=1S/C18H21N3O2/c1-23-17-8-10-21(18(22)16-7-9-19-13-20-16)12-15(17)11-14-5-3-2-4-6-14/h2-7,9,13,15,17H,8,10-12H2,1H3/t15-,17-/m0/s1. The molecule has 1 fully saturated rings. The van der Waals surface area contributed by atoms with Gasteiger partial charge in [0.2, 0.25) is 0 Å². The van der Waals surface area contributed by atoms with E-state index in [9.17, 15) is 4.79 Å². The molecule has 0 bridgehead atoms. The number of aromatic nitrogens is 2. The van der Waals surface area contributed by atoms with Crippen LogP contribution in [0.3, 0.4) is 0 Å². The number of likely N-dealkylation sites (tertiary alicyclic amines) is 1. The third-order valence-electron chi connectivity index (χ3n) is 4.40. The molecular formula is C18H21N3O2. The number of carbonyl (C=O) groups is 1. The van der Waals surface area contributed by atoms with Gasteiger partial charge in [-0.15, -0.1) is 0 Å². The molecule has 1 aromatic heterocycles. The highest BCUT2D eigenvalue weighted by molar-refractivity contribution is 5.92. The van der Waals surface area contributed by atoms with E-state index in [2.05, 4.69) is 22.1 Å². The van der Waals surface area contributed by atoms with E-state index in [0.29, 0.717) is 24.7 Å². The highest BCUT2D eigenvalue weighted by Gasteiger charge is 2.32. The monoisotopic (exact) mass is 311 g/mol. The van der Waals surface area contributed by atoms with Gasteiger partial charge >= 0.3 is 0 Å². The Morgan fingerprint density at radius 2 is 2.13 bits per heavy atom. The molecule has 0 unspecified atom stereocenters. The summed E-state index contributed by atoms with van der Waals surface area (Å²) < 4.78 is 5.65. The summed E-state index contributed by atoms with van der Waals surface area (Å²) in [6.07, 6.45) is 4.96. The van der Waals surface area contributed by atoms with Crippen molar-refractivity contribution < 1.29 is 9.53 Å². The molecule has 23 heavy (non-hydrogen) atoms. The molecule has 0 aliphatic carbocycles. The summed E-state index contributed by atoms with van der Waals surface area (Å²) in [6.45, 7) is 1.39. The molecule has 5 nitrogen and oxygen atoms in total. The van der Waals surface area contributed by atoms with E-state index in [4.69, 9.17) is 4.74 Å². The van der Waals surface area contributed by atoms with Crippen molar-refractivity contribution >= 4 is 5.91 Å². The molecule has 0 spiro atoms. The fourth-order valence-corrected chi connectivity index (χ4v) is 3.20. The van der Waals surface area contributed by atoms with Gasteiger partial charge < -0.3 is 9.64 Å². The number of ether oxygens (including phenoxy) is 1. The van der Waals surface area contributed by atoms with Gasteiger partial charge in [0.1, 0.15) is 12.0 Å². The van der Waals surface area contributed by atoms with Crippen LogP contribution in [0.5, 0.6) is 0 Å². The van der Waals surface area contributed by atoms with Crippen LogP contribution in [0.2, 0.25) is 0 Å². The highest BCUT2D eigenvalue weighted by Crippen LogP contribution is 2.24. The van der Waals surface area contributed by atoms with Gasteiger partial charge in [0.05, 0.1) is 6.10 Å². The summed E-state index contributed by atoms with van der Waals surface area (Å²) in [4.78, 5) is 22.4. The maximum Gasteiger partial charge on any atom is 0.272 e. The van der Waals surface area contributed by atoms with Crippen LogP contribution < -0.4 is 0 Å². The first-order valence-corrected chi connectivity index (χ1v) is 7.90. The zero-order valence-corrected chi connectivity index (χ0v) is 13.3. The quantitative estimate of drug-likeness (QED) is 0.868. The summed E-state index contributed by atoms with van der Waals surface area (Å²) in [5, 5.41) is 0. The Hall–Kier alpha value is -2.27. The minimum Gasteiger partial charge on any atom is -0.381 e. The first-order chi connectivity index (χ1) is 11.3. The van der Waals surface area contributed by atoms with Crippen LogP contribution in [0.15, 0.2) is 48.9 Å². The van der Waals surface area contributed by atoms with Crippen LogP contribution >= 0.6 is 0 Å². The summed E-state index contributed by atoms with van der Waals surface area (Å²) in [6, 6.07) is 12.0. The number of carbonyl (C=O) groups excluding carboxylic acids is 1. The van der Waals surface area contributed by atoms with Crippen LogP contribution in [-0.2, 0) is 11.2 Å². The second kappa shape index (κ2) is 7.33. The SMILES string of the molecule is CO[C@H]1CCN(C(=O)c2ccncn2)C[C@@H]1Cc1ccccc1. The predicted molar refractivity (Wildman–Crippen MR) is 87.0 cm³/mol. The van der Waals surface area contributed by atoms with Crippen LogP contribution in [0, 0.1) is 5.92 Å². The number of piperidine rings is 1. The third-order valence-corrected chi connectivity index (χ3v) is 4.40. The number of methoxy groups -OCH3 is 1. The molecule has 0 saturated carbocycles. The summed E-state index contributed by atoms with van der Waals surface area (Å²) in [5.74, 6) is 0.266. The summed E-state index contributed by atoms with van der Waals surface area (Å²) >= 11 is 0. The fourth-order valence-electron chi connectivity index (χ4n) is 3.20. The van der Waals surface area contributed by atoms with E-state index in [0.717, 1.165) is 12.8 Å². The van der Waals surface area contributed by atoms with Crippen molar-refractivity contribution in [3.05, 3.63) is 60.2 Å². The number of nitrogens with zero attached hydrogens (tertiary/aromatic N) is 3. The van der Waals surface area contributed by atoms with Gasteiger partial charge in [0, 0.05) is 32.3 Å². The second-order valence-electron chi connectivity index (χ2n) is 5.86. The minimum atomic E-state index is -0.0278. The van der Waals surface area contributed by atoms with Gasteiger partial charge in [-0.25, -0.2) is 9.97 Å². The van der Waals surface area contributed by atoms with Crippen LogP contribution in [0.25, 0.3) is 0 Å². The van der Waals surface area contributed by atoms with Gasteiger partial charge in [-0.1, -0.05) is 30.3 Å². The van der Waals surface area contributed by atoms with Crippen molar-refractivity contribution in [3.63, 3.8) is 0 Å². The first kappa shape index (κ1) is 15.6. The Bertz CT molecular complexity index is 633. The second-order valence-corrected chi connectivity index (χ2v) is 5.86. The average molecular weight is 311 g/mol. The molecular weight excluding hydrogens is 290 g/mol. The molecule has 0 N–H and O–H groups in total. The first-order valence-electron chi connectivity index (χ1n) is 7.90. The minimum absolute atomic E-state index is 0.0278. The van der Waals surface area contributed by atoms with Crippen molar-refractivity contribution in [1.29, 1.82) is 0 Å². The molecule has 0 radical (unpaired) electrons. The van der Waals surface area contributed by atoms with E-state index in [1.165, 1.54) is 11.9 Å². The maximum atomic E-state index is 12.6. The van der Waals surface area contributed by atoms with Crippen LogP contribution in [0.4, 0.5) is 0 Å². The van der Waals surface area contributed by atoms with Crippen molar-refractivity contribution in [2.45, 2.75) is 18.9 Å². The largest absolute Gasteiger partial charge is 0.381 e. The molecule has 3 rings (SSSR count). The number of hydrogen-bond donors (Lipinski definition) is 0. The zero-order chi connectivity index (χ0) is 16.1. The van der Waals surface area contributed by atoms with E-state index >= 15 is 0 Å². The fraction of sp³-hybridized carbons (Fsp3) is 0.389. The van der Waals surface area contributed by atoms with Gasteiger partial charge in [-0.2, -0.15) is 0 Å². The molecule has 1 aliphatic rings. The molecule has 2 aromatic rings. The van der Waals surface area contributed by atoms with E-state index in [1.807, 2.05) is 23.1 Å². The number of rotatable bonds is 4. The lowest BCUT2D eigenvalue weighted by Gasteiger charge is -2.37.